The number of aromatic nitrogens is 2. The first-order chi connectivity index (χ1) is 13.8. The lowest BCUT2D eigenvalue weighted by Gasteiger charge is -2.37. The van der Waals surface area contributed by atoms with Crippen molar-refractivity contribution in [3.05, 3.63) is 11.9 Å². The van der Waals surface area contributed by atoms with E-state index in [-0.39, 0.29) is 22.6 Å². The summed E-state index contributed by atoms with van der Waals surface area (Å²) in [6, 6.07) is 0. The number of amides is 1. The second kappa shape index (κ2) is 8.18. The number of hydrogen-bond acceptors (Lipinski definition) is 7. The third kappa shape index (κ3) is 4.40. The fraction of sp³-hybridized carbons (Fsp3) is 0.750. The summed E-state index contributed by atoms with van der Waals surface area (Å²) in [5, 5.41) is 0. The van der Waals surface area contributed by atoms with Gasteiger partial charge in [-0.3, -0.25) is 4.79 Å². The van der Waals surface area contributed by atoms with Crippen LogP contribution in [0.4, 0.5) is 5.95 Å². The highest BCUT2D eigenvalue weighted by atomic mass is 32.2. The molecule has 0 aromatic carbocycles. The fourth-order valence-electron chi connectivity index (χ4n) is 4.40. The van der Waals surface area contributed by atoms with Crippen LogP contribution in [0, 0.1) is 5.92 Å². The molecular weight excluding hydrogens is 390 g/mol. The number of carbonyl (C=O) groups is 1. The first-order valence-electron chi connectivity index (χ1n) is 10.6. The van der Waals surface area contributed by atoms with Crippen LogP contribution in [0.2, 0.25) is 0 Å². The van der Waals surface area contributed by atoms with Gasteiger partial charge in [-0.15, -0.1) is 0 Å². The second-order valence-corrected chi connectivity index (χ2v) is 10.7. The molecule has 1 aliphatic carbocycles. The van der Waals surface area contributed by atoms with Gasteiger partial charge in [0.1, 0.15) is 4.90 Å². The maximum absolute atomic E-state index is 12.5. The van der Waals surface area contributed by atoms with E-state index in [2.05, 4.69) is 21.8 Å². The molecule has 1 aromatic heterocycles. The molecule has 1 amide bonds. The molecule has 160 valence electrons. The van der Waals surface area contributed by atoms with Crippen LogP contribution in [0.5, 0.6) is 0 Å². The van der Waals surface area contributed by atoms with Crippen LogP contribution in [0.25, 0.3) is 0 Å². The third-order valence-electron chi connectivity index (χ3n) is 6.60. The molecule has 3 aliphatic rings. The van der Waals surface area contributed by atoms with E-state index in [1.807, 2.05) is 4.90 Å². The maximum atomic E-state index is 12.5. The van der Waals surface area contributed by atoms with E-state index in [4.69, 9.17) is 4.98 Å². The number of anilines is 1. The molecule has 8 nitrogen and oxygen atoms in total. The molecule has 0 bridgehead atoms. The zero-order chi connectivity index (χ0) is 20.6. The molecule has 3 heterocycles. The highest BCUT2D eigenvalue weighted by molar-refractivity contribution is 7.90. The monoisotopic (exact) mass is 421 g/mol. The first-order valence-corrected chi connectivity index (χ1v) is 12.5. The Labute approximate surface area is 173 Å². The molecule has 3 fully saturated rings. The Balaban J connectivity index is 1.53. The van der Waals surface area contributed by atoms with Gasteiger partial charge in [-0.2, -0.15) is 0 Å². The predicted octanol–water partition coefficient (Wildman–Crippen LogP) is 1.14. The topological polar surface area (TPSA) is 86.7 Å². The van der Waals surface area contributed by atoms with Crippen molar-refractivity contribution in [1.29, 1.82) is 0 Å². The lowest BCUT2D eigenvalue weighted by molar-refractivity contribution is -0.139. The van der Waals surface area contributed by atoms with Crippen molar-refractivity contribution < 1.29 is 13.2 Å². The van der Waals surface area contributed by atoms with Gasteiger partial charge in [-0.05, 0) is 32.7 Å². The zero-order valence-electron chi connectivity index (χ0n) is 17.4. The van der Waals surface area contributed by atoms with Crippen molar-refractivity contribution >= 4 is 21.7 Å². The molecule has 1 aromatic rings. The number of hydrogen-bond donors (Lipinski definition) is 0. The van der Waals surface area contributed by atoms with Crippen molar-refractivity contribution in [2.45, 2.75) is 42.9 Å². The number of nitrogens with zero attached hydrogens (tertiary/aromatic N) is 5. The smallest absolute Gasteiger partial charge is 0.225 e. The van der Waals surface area contributed by atoms with Crippen LogP contribution in [-0.4, -0.2) is 86.7 Å². The summed E-state index contributed by atoms with van der Waals surface area (Å²) < 4.78 is 24.7. The molecule has 0 N–H and O–H groups in total. The Bertz CT molecular complexity index is 855. The summed E-state index contributed by atoms with van der Waals surface area (Å²) in [6.45, 7) is 4.90. The molecule has 1 saturated carbocycles. The Kier molecular flexibility index (Phi) is 5.79. The molecule has 4 rings (SSSR count). The molecule has 2 aliphatic heterocycles. The van der Waals surface area contributed by atoms with Gasteiger partial charge in [0.2, 0.25) is 11.9 Å². The summed E-state index contributed by atoms with van der Waals surface area (Å²) in [5.41, 5.74) is 0.632. The highest BCUT2D eigenvalue weighted by Gasteiger charge is 2.34. The second-order valence-electron chi connectivity index (χ2n) is 8.71. The van der Waals surface area contributed by atoms with Crippen molar-refractivity contribution in [2.75, 3.05) is 57.5 Å². The van der Waals surface area contributed by atoms with Gasteiger partial charge >= 0.3 is 0 Å². The minimum atomic E-state index is -3.41. The van der Waals surface area contributed by atoms with Gasteiger partial charge in [0.05, 0.1) is 11.9 Å². The van der Waals surface area contributed by atoms with E-state index in [1.165, 1.54) is 12.5 Å². The fourth-order valence-corrected chi connectivity index (χ4v) is 5.23. The Hall–Kier alpha value is -1.74. The molecular formula is C20H31N5O3S. The third-order valence-corrected chi connectivity index (χ3v) is 7.72. The Morgan fingerprint density at radius 1 is 1.03 bits per heavy atom. The molecule has 0 unspecified atom stereocenters. The van der Waals surface area contributed by atoms with Crippen LogP contribution < -0.4 is 4.90 Å². The zero-order valence-corrected chi connectivity index (χ0v) is 18.2. The van der Waals surface area contributed by atoms with Crippen LogP contribution in [0.1, 0.15) is 43.7 Å². The standard InChI is InChI=1S/C20H31N5O3S/c1-23-10-12-25(13-11-23)20-21-14-17(29(2,27)28)18(22-20)15-6-8-24(9-7-15)19(26)16-4-3-5-16/h14-16H,3-13H2,1-2H3. The number of piperidine rings is 1. The van der Waals surface area contributed by atoms with Crippen molar-refractivity contribution in [3.8, 4) is 0 Å². The molecule has 0 atom stereocenters. The summed E-state index contributed by atoms with van der Waals surface area (Å²) in [5.74, 6) is 1.15. The lowest BCUT2D eigenvalue weighted by Crippen LogP contribution is -2.45. The predicted molar refractivity (Wildman–Crippen MR) is 111 cm³/mol. The molecule has 2 saturated heterocycles. The van der Waals surface area contributed by atoms with E-state index in [9.17, 15) is 13.2 Å². The summed E-state index contributed by atoms with van der Waals surface area (Å²) >= 11 is 0. The van der Waals surface area contributed by atoms with Gasteiger partial charge in [-0.25, -0.2) is 18.4 Å². The average Bonchev–Trinajstić information content (AvgIpc) is 2.66. The van der Waals surface area contributed by atoms with E-state index in [0.29, 0.717) is 24.7 Å². The van der Waals surface area contributed by atoms with E-state index in [0.717, 1.165) is 58.3 Å². The van der Waals surface area contributed by atoms with Crippen LogP contribution in [0.3, 0.4) is 0 Å². The van der Waals surface area contributed by atoms with Crippen LogP contribution >= 0.6 is 0 Å². The molecule has 29 heavy (non-hydrogen) atoms. The normalized spacial score (nSPS) is 22.6. The Morgan fingerprint density at radius 2 is 1.69 bits per heavy atom. The number of carbonyl (C=O) groups excluding carboxylic acids is 1. The van der Waals surface area contributed by atoms with E-state index >= 15 is 0 Å². The van der Waals surface area contributed by atoms with Gasteiger partial charge in [-0.1, -0.05) is 6.42 Å². The van der Waals surface area contributed by atoms with Gasteiger partial charge < -0.3 is 14.7 Å². The van der Waals surface area contributed by atoms with Crippen molar-refractivity contribution in [1.82, 2.24) is 19.8 Å². The maximum Gasteiger partial charge on any atom is 0.225 e. The van der Waals surface area contributed by atoms with E-state index < -0.39 is 9.84 Å². The largest absolute Gasteiger partial charge is 0.342 e. The van der Waals surface area contributed by atoms with E-state index in [1.54, 1.807) is 0 Å². The average molecular weight is 422 g/mol. The molecule has 0 radical (unpaired) electrons. The minimum absolute atomic E-state index is 0.0411. The quantitative estimate of drug-likeness (QED) is 0.720. The number of likely N-dealkylation sites (tertiary alicyclic amines) is 1. The summed E-state index contributed by atoms with van der Waals surface area (Å²) in [4.78, 5) is 28.3. The molecule has 0 spiro atoms. The number of sulfone groups is 1. The summed E-state index contributed by atoms with van der Waals surface area (Å²) in [6.07, 6.45) is 7.38. The van der Waals surface area contributed by atoms with Crippen molar-refractivity contribution in [2.24, 2.45) is 5.92 Å². The van der Waals surface area contributed by atoms with Crippen LogP contribution in [-0.2, 0) is 14.6 Å². The number of rotatable bonds is 4. The SMILES string of the molecule is CN1CCN(c2ncc(S(C)(=O)=O)c(C3CCN(C(=O)C4CCC4)CC3)n2)CC1. The van der Waals surface area contributed by atoms with Gasteiger partial charge in [0.25, 0.3) is 0 Å². The highest BCUT2D eigenvalue weighted by Crippen LogP contribution is 2.34. The van der Waals surface area contributed by atoms with Gasteiger partial charge in [0, 0.05) is 57.4 Å². The first kappa shape index (κ1) is 20.5. The lowest BCUT2D eigenvalue weighted by atomic mass is 9.83. The number of piperazine rings is 1. The van der Waals surface area contributed by atoms with Crippen molar-refractivity contribution in [3.63, 3.8) is 0 Å². The number of likely N-dealkylation sites (N-methyl/N-ethyl adjacent to an activating group) is 1. The summed E-state index contributed by atoms with van der Waals surface area (Å²) in [7, 11) is -1.32. The minimum Gasteiger partial charge on any atom is -0.342 e. The molecule has 9 heteroatoms. The Morgan fingerprint density at radius 3 is 2.24 bits per heavy atom. The van der Waals surface area contributed by atoms with Crippen LogP contribution in [0.15, 0.2) is 11.1 Å². The van der Waals surface area contributed by atoms with Gasteiger partial charge in [0.15, 0.2) is 9.84 Å².